The zero-order valence-corrected chi connectivity index (χ0v) is 16.0. The second-order valence-electron chi connectivity index (χ2n) is 6.28. The van der Waals surface area contributed by atoms with Crippen molar-refractivity contribution in [2.75, 3.05) is 31.5 Å². The third-order valence-electron chi connectivity index (χ3n) is 4.59. The Bertz CT molecular complexity index is 633. The van der Waals surface area contributed by atoms with Gasteiger partial charge in [0.1, 0.15) is 0 Å². The Morgan fingerprint density at radius 1 is 1.16 bits per heavy atom. The lowest BCUT2D eigenvalue weighted by Gasteiger charge is -2.36. The average Bonchev–Trinajstić information content (AvgIpc) is 2.63. The number of hydrogen-bond donors (Lipinski definition) is 2. The first kappa shape index (κ1) is 19.8. The molecule has 3 N–H and O–H groups in total. The molecule has 2 rings (SSSR count). The van der Waals surface area contributed by atoms with Crippen molar-refractivity contribution in [2.24, 2.45) is 11.7 Å². The summed E-state index contributed by atoms with van der Waals surface area (Å²) in [6.45, 7) is 5.89. The summed E-state index contributed by atoms with van der Waals surface area (Å²) in [4.78, 5) is 28.1. The molecular weight excluding hydrogens is 363 g/mol. The number of nitrogens with one attached hydrogen (secondary N) is 1. The molecule has 1 aliphatic rings. The first-order chi connectivity index (χ1) is 11.8. The van der Waals surface area contributed by atoms with Crippen LogP contribution in [0.5, 0.6) is 0 Å². The van der Waals surface area contributed by atoms with Gasteiger partial charge in [0, 0.05) is 31.9 Å². The zero-order valence-electron chi connectivity index (χ0n) is 14.5. The van der Waals surface area contributed by atoms with Gasteiger partial charge in [0.2, 0.25) is 5.91 Å². The number of anilines is 1. The third-order valence-corrected chi connectivity index (χ3v) is 5.33. The first-order valence-corrected chi connectivity index (χ1v) is 9.14. The van der Waals surface area contributed by atoms with Gasteiger partial charge in [-0.3, -0.25) is 4.79 Å². The molecule has 0 spiro atoms. The Balaban J connectivity index is 1.87. The summed E-state index contributed by atoms with van der Waals surface area (Å²) in [7, 11) is 0. The van der Waals surface area contributed by atoms with Crippen LogP contribution in [0.1, 0.15) is 20.3 Å². The Hall–Kier alpha value is -1.50. The van der Waals surface area contributed by atoms with E-state index in [4.69, 9.17) is 28.9 Å². The van der Waals surface area contributed by atoms with E-state index < -0.39 is 6.04 Å². The Morgan fingerprint density at radius 3 is 2.32 bits per heavy atom. The predicted octanol–water partition coefficient (Wildman–Crippen LogP) is 3.04. The van der Waals surface area contributed by atoms with E-state index in [9.17, 15) is 9.59 Å². The molecule has 25 heavy (non-hydrogen) atoms. The van der Waals surface area contributed by atoms with E-state index >= 15 is 0 Å². The molecule has 2 atom stereocenters. The summed E-state index contributed by atoms with van der Waals surface area (Å²) in [5.41, 5.74) is 6.60. The maximum Gasteiger partial charge on any atom is 0.321 e. The van der Waals surface area contributed by atoms with Crippen LogP contribution < -0.4 is 11.1 Å². The van der Waals surface area contributed by atoms with Crippen LogP contribution in [-0.4, -0.2) is 54.0 Å². The Labute approximate surface area is 158 Å². The minimum absolute atomic E-state index is 0.0427. The lowest BCUT2D eigenvalue weighted by molar-refractivity contribution is -0.135. The van der Waals surface area contributed by atoms with E-state index in [1.807, 2.05) is 13.8 Å². The van der Waals surface area contributed by atoms with E-state index in [0.29, 0.717) is 41.9 Å². The molecule has 2 unspecified atom stereocenters. The number of piperazine rings is 1. The lowest BCUT2D eigenvalue weighted by atomic mass is 9.98. The van der Waals surface area contributed by atoms with Crippen molar-refractivity contribution < 1.29 is 9.59 Å². The molecule has 138 valence electrons. The minimum atomic E-state index is -0.485. The van der Waals surface area contributed by atoms with Crippen LogP contribution in [0.25, 0.3) is 0 Å². The molecule has 0 saturated carbocycles. The molecule has 0 aromatic heterocycles. The van der Waals surface area contributed by atoms with E-state index in [-0.39, 0.29) is 17.9 Å². The number of halogens is 2. The lowest BCUT2D eigenvalue weighted by Crippen LogP contribution is -2.56. The molecular formula is C17H24Cl2N4O2. The molecule has 0 radical (unpaired) electrons. The summed E-state index contributed by atoms with van der Waals surface area (Å²) in [5.74, 6) is 0.0994. The van der Waals surface area contributed by atoms with Crippen LogP contribution in [0.4, 0.5) is 10.5 Å². The summed E-state index contributed by atoms with van der Waals surface area (Å²) >= 11 is 11.8. The normalized spacial score (nSPS) is 17.2. The number of benzene rings is 1. The molecule has 1 aromatic rings. The van der Waals surface area contributed by atoms with Crippen molar-refractivity contribution in [3.63, 3.8) is 0 Å². The van der Waals surface area contributed by atoms with Crippen molar-refractivity contribution >= 4 is 40.8 Å². The molecule has 8 heteroatoms. The summed E-state index contributed by atoms with van der Waals surface area (Å²) < 4.78 is 0. The summed E-state index contributed by atoms with van der Waals surface area (Å²) in [6, 6.07) is 4.22. The van der Waals surface area contributed by atoms with Crippen LogP contribution in [0, 0.1) is 5.92 Å². The molecule has 1 saturated heterocycles. The second kappa shape index (κ2) is 8.74. The van der Waals surface area contributed by atoms with Gasteiger partial charge in [0.15, 0.2) is 0 Å². The Kier molecular flexibility index (Phi) is 6.93. The van der Waals surface area contributed by atoms with Crippen LogP contribution in [0.3, 0.4) is 0 Å². The maximum atomic E-state index is 12.4. The smallest absolute Gasteiger partial charge is 0.321 e. The quantitative estimate of drug-likeness (QED) is 0.834. The number of rotatable bonds is 4. The van der Waals surface area contributed by atoms with Crippen LogP contribution in [0.2, 0.25) is 10.0 Å². The molecule has 1 aliphatic heterocycles. The van der Waals surface area contributed by atoms with E-state index in [0.717, 1.165) is 6.42 Å². The van der Waals surface area contributed by atoms with Gasteiger partial charge in [-0.15, -0.1) is 0 Å². The fraction of sp³-hybridized carbons (Fsp3) is 0.529. The molecule has 6 nitrogen and oxygen atoms in total. The number of hydrogen-bond acceptors (Lipinski definition) is 3. The molecule has 1 heterocycles. The number of nitrogens with two attached hydrogens (primary N) is 1. The van der Waals surface area contributed by atoms with Crippen molar-refractivity contribution in [1.82, 2.24) is 9.80 Å². The fourth-order valence-corrected chi connectivity index (χ4v) is 2.91. The average molecular weight is 387 g/mol. The van der Waals surface area contributed by atoms with Gasteiger partial charge in [-0.1, -0.05) is 43.5 Å². The number of carbonyl (C=O) groups excluding carboxylic acids is 2. The molecule has 1 fully saturated rings. The summed E-state index contributed by atoms with van der Waals surface area (Å²) in [5, 5.41) is 3.61. The van der Waals surface area contributed by atoms with Crippen LogP contribution >= 0.6 is 23.2 Å². The van der Waals surface area contributed by atoms with Gasteiger partial charge < -0.3 is 20.9 Å². The molecule has 0 aliphatic carbocycles. The molecule has 1 aromatic carbocycles. The van der Waals surface area contributed by atoms with Gasteiger partial charge >= 0.3 is 6.03 Å². The minimum Gasteiger partial charge on any atom is -0.338 e. The van der Waals surface area contributed by atoms with Gasteiger partial charge in [-0.2, -0.15) is 0 Å². The third kappa shape index (κ3) is 5.00. The monoisotopic (exact) mass is 386 g/mol. The highest BCUT2D eigenvalue weighted by atomic mass is 35.5. The van der Waals surface area contributed by atoms with Crippen LogP contribution in [0.15, 0.2) is 18.2 Å². The van der Waals surface area contributed by atoms with Crippen molar-refractivity contribution in [1.29, 1.82) is 0 Å². The molecule has 3 amide bonds. The maximum absolute atomic E-state index is 12.4. The van der Waals surface area contributed by atoms with Gasteiger partial charge in [-0.05, 0) is 24.1 Å². The first-order valence-electron chi connectivity index (χ1n) is 8.38. The highest BCUT2D eigenvalue weighted by molar-refractivity contribution is 6.42. The number of carbonyl (C=O) groups is 2. The molecule has 0 bridgehead atoms. The second-order valence-corrected chi connectivity index (χ2v) is 7.10. The highest BCUT2D eigenvalue weighted by Crippen LogP contribution is 2.25. The predicted molar refractivity (Wildman–Crippen MR) is 101 cm³/mol. The van der Waals surface area contributed by atoms with E-state index in [2.05, 4.69) is 5.32 Å². The largest absolute Gasteiger partial charge is 0.338 e. The van der Waals surface area contributed by atoms with Crippen molar-refractivity contribution in [2.45, 2.75) is 26.3 Å². The number of amides is 3. The topological polar surface area (TPSA) is 78.7 Å². The summed E-state index contributed by atoms with van der Waals surface area (Å²) in [6.07, 6.45) is 0.860. The fourth-order valence-electron chi connectivity index (χ4n) is 2.61. The standard InChI is InChI=1S/C17H24Cl2N4O2/c1-3-11(2)15(20)16(24)22-6-8-23(9-7-22)17(25)21-12-4-5-13(18)14(19)10-12/h4-5,10-11,15H,3,6-9,20H2,1-2H3,(H,21,25). The van der Waals surface area contributed by atoms with Gasteiger partial charge in [-0.25, -0.2) is 4.79 Å². The van der Waals surface area contributed by atoms with Gasteiger partial charge in [0.25, 0.3) is 0 Å². The SMILES string of the molecule is CCC(C)C(N)C(=O)N1CCN(C(=O)Nc2ccc(Cl)c(Cl)c2)CC1. The van der Waals surface area contributed by atoms with E-state index in [1.54, 1.807) is 28.0 Å². The van der Waals surface area contributed by atoms with Gasteiger partial charge in [0.05, 0.1) is 16.1 Å². The highest BCUT2D eigenvalue weighted by Gasteiger charge is 2.29. The van der Waals surface area contributed by atoms with Crippen molar-refractivity contribution in [3.8, 4) is 0 Å². The zero-order chi connectivity index (χ0) is 18.6. The Morgan fingerprint density at radius 2 is 1.76 bits per heavy atom. The van der Waals surface area contributed by atoms with Crippen molar-refractivity contribution in [3.05, 3.63) is 28.2 Å². The number of urea groups is 1. The number of nitrogens with zero attached hydrogens (tertiary/aromatic N) is 2. The van der Waals surface area contributed by atoms with Crippen LogP contribution in [-0.2, 0) is 4.79 Å². The van der Waals surface area contributed by atoms with E-state index in [1.165, 1.54) is 0 Å².